The van der Waals surface area contributed by atoms with Crippen LogP contribution in [-0.4, -0.2) is 15.0 Å². The van der Waals surface area contributed by atoms with Crippen LogP contribution in [0.1, 0.15) is 0 Å². The SMILES string of the molecule is c1ccc(-c2ccc(-c3nc(-c4ccccc4)nc(-c4ccc5c6c(cccc46)-c4ccccc4N(c4ccc6ccccc6c4)c4ccccc4-5)n3)cc2)cc1. The predicted octanol–water partition coefficient (Wildman–Crippen LogP) is 14.0. The molecule has 11 rings (SSSR count). The molecule has 266 valence electrons. The molecule has 1 aliphatic heterocycles. The van der Waals surface area contributed by atoms with E-state index in [0.29, 0.717) is 17.5 Å². The zero-order chi connectivity index (χ0) is 37.7. The van der Waals surface area contributed by atoms with E-state index in [1.807, 2.05) is 24.3 Å². The van der Waals surface area contributed by atoms with E-state index in [1.54, 1.807) is 0 Å². The number of rotatable bonds is 5. The third-order valence-electron chi connectivity index (χ3n) is 11.1. The monoisotopic (exact) mass is 726 g/mol. The van der Waals surface area contributed by atoms with Gasteiger partial charge in [-0.1, -0.05) is 176 Å². The van der Waals surface area contributed by atoms with Crippen LogP contribution < -0.4 is 4.90 Å². The first-order valence-electron chi connectivity index (χ1n) is 19.3. The number of para-hydroxylation sites is 2. The number of aromatic nitrogens is 3. The zero-order valence-electron chi connectivity index (χ0n) is 30.9. The largest absolute Gasteiger partial charge is 0.309 e. The predicted molar refractivity (Wildman–Crippen MR) is 236 cm³/mol. The number of nitrogens with zero attached hydrogens (tertiary/aromatic N) is 4. The molecule has 9 aromatic carbocycles. The highest BCUT2D eigenvalue weighted by Crippen LogP contribution is 2.51. The summed E-state index contributed by atoms with van der Waals surface area (Å²) in [4.78, 5) is 17.9. The van der Waals surface area contributed by atoms with E-state index < -0.39 is 0 Å². The van der Waals surface area contributed by atoms with Crippen LogP contribution in [-0.2, 0) is 0 Å². The molecule has 0 bridgehead atoms. The molecule has 0 unspecified atom stereocenters. The number of anilines is 3. The molecule has 0 saturated heterocycles. The molecule has 0 atom stereocenters. The van der Waals surface area contributed by atoms with Crippen molar-refractivity contribution in [2.75, 3.05) is 4.90 Å². The molecule has 2 heterocycles. The molecule has 10 aromatic rings. The average Bonchev–Trinajstić information content (AvgIpc) is 3.29. The van der Waals surface area contributed by atoms with Gasteiger partial charge in [0.1, 0.15) is 0 Å². The number of benzene rings is 9. The van der Waals surface area contributed by atoms with Crippen molar-refractivity contribution >= 4 is 38.6 Å². The van der Waals surface area contributed by atoms with Crippen molar-refractivity contribution in [1.82, 2.24) is 15.0 Å². The van der Waals surface area contributed by atoms with Gasteiger partial charge in [-0.15, -0.1) is 0 Å². The molecular formula is C53H34N4. The van der Waals surface area contributed by atoms with Crippen LogP contribution in [0.4, 0.5) is 17.1 Å². The number of hydrogen-bond donors (Lipinski definition) is 0. The van der Waals surface area contributed by atoms with Crippen LogP contribution in [0.25, 0.3) is 89.1 Å². The van der Waals surface area contributed by atoms with Gasteiger partial charge in [0.15, 0.2) is 17.5 Å². The van der Waals surface area contributed by atoms with E-state index in [-0.39, 0.29) is 0 Å². The van der Waals surface area contributed by atoms with Crippen LogP contribution in [0, 0.1) is 0 Å². The maximum atomic E-state index is 5.23. The fraction of sp³-hybridized carbons (Fsp3) is 0. The number of fused-ring (bicyclic) bond motifs is 5. The lowest BCUT2D eigenvalue weighted by molar-refractivity contribution is 1.08. The first kappa shape index (κ1) is 32.7. The van der Waals surface area contributed by atoms with E-state index in [4.69, 9.17) is 15.0 Å². The van der Waals surface area contributed by atoms with Gasteiger partial charge in [0.05, 0.1) is 11.4 Å². The summed E-state index contributed by atoms with van der Waals surface area (Å²) in [7, 11) is 0. The smallest absolute Gasteiger partial charge is 0.164 e. The Balaban J connectivity index is 1.13. The Kier molecular flexibility index (Phi) is 7.78. The van der Waals surface area contributed by atoms with Crippen molar-refractivity contribution in [3.63, 3.8) is 0 Å². The standard InChI is InChI=1S/C53H34N4/c1-3-14-35(15-4-1)37-26-28-39(29-27-37)52-54-51(38-17-5-2-6-18-38)55-53(56-52)47-33-32-46-43-21-10-12-25-49(43)57(41-31-30-36-16-7-8-19-40(36)34-41)48-24-11-9-20-42(48)44-22-13-23-45(47)50(44)46/h1-34H. The van der Waals surface area contributed by atoms with Gasteiger partial charge in [0.2, 0.25) is 0 Å². The van der Waals surface area contributed by atoms with Gasteiger partial charge >= 0.3 is 0 Å². The summed E-state index contributed by atoms with van der Waals surface area (Å²) in [5, 5.41) is 4.68. The molecule has 0 aliphatic carbocycles. The molecule has 4 heteroatoms. The van der Waals surface area contributed by atoms with Gasteiger partial charge in [-0.25, -0.2) is 15.0 Å². The molecule has 1 aromatic heterocycles. The highest BCUT2D eigenvalue weighted by Gasteiger charge is 2.27. The second-order valence-corrected chi connectivity index (χ2v) is 14.4. The van der Waals surface area contributed by atoms with Crippen molar-refractivity contribution in [2.24, 2.45) is 0 Å². The minimum Gasteiger partial charge on any atom is -0.309 e. The summed E-state index contributed by atoms with van der Waals surface area (Å²) < 4.78 is 0. The molecular weight excluding hydrogens is 693 g/mol. The quantitative estimate of drug-likeness (QED) is 0.177. The molecule has 0 amide bonds. The molecule has 4 nitrogen and oxygen atoms in total. The third-order valence-corrected chi connectivity index (χ3v) is 11.1. The Morgan fingerprint density at radius 1 is 0.298 bits per heavy atom. The van der Waals surface area contributed by atoms with Gasteiger partial charge < -0.3 is 4.90 Å². The summed E-state index contributed by atoms with van der Waals surface area (Å²) in [5.41, 5.74) is 13.1. The summed E-state index contributed by atoms with van der Waals surface area (Å²) >= 11 is 0. The fourth-order valence-electron chi connectivity index (χ4n) is 8.35. The Labute approximate surface area is 331 Å². The second kappa shape index (κ2) is 13.6. The zero-order valence-corrected chi connectivity index (χ0v) is 30.9. The summed E-state index contributed by atoms with van der Waals surface area (Å²) in [5.74, 6) is 1.91. The van der Waals surface area contributed by atoms with E-state index in [9.17, 15) is 0 Å². The van der Waals surface area contributed by atoms with Gasteiger partial charge in [0.25, 0.3) is 0 Å². The van der Waals surface area contributed by atoms with E-state index in [0.717, 1.165) is 67.0 Å². The lowest BCUT2D eigenvalue weighted by atomic mass is 9.86. The summed E-state index contributed by atoms with van der Waals surface area (Å²) in [6.07, 6.45) is 0. The van der Waals surface area contributed by atoms with E-state index in [1.165, 1.54) is 21.7 Å². The summed E-state index contributed by atoms with van der Waals surface area (Å²) in [6, 6.07) is 73.0. The lowest BCUT2D eigenvalue weighted by Gasteiger charge is -2.32. The summed E-state index contributed by atoms with van der Waals surface area (Å²) in [6.45, 7) is 0. The van der Waals surface area contributed by atoms with Crippen molar-refractivity contribution in [3.05, 3.63) is 206 Å². The normalized spacial score (nSPS) is 11.8. The average molecular weight is 727 g/mol. The molecule has 57 heavy (non-hydrogen) atoms. The van der Waals surface area contributed by atoms with Gasteiger partial charge in [-0.3, -0.25) is 0 Å². The first-order chi connectivity index (χ1) is 28.3. The molecule has 1 aliphatic rings. The van der Waals surface area contributed by atoms with Gasteiger partial charge in [0, 0.05) is 33.5 Å². The Bertz CT molecular complexity index is 3070. The highest BCUT2D eigenvalue weighted by atomic mass is 15.1. The fourth-order valence-corrected chi connectivity index (χ4v) is 8.35. The van der Waals surface area contributed by atoms with Crippen LogP contribution >= 0.6 is 0 Å². The van der Waals surface area contributed by atoms with Crippen molar-refractivity contribution in [1.29, 1.82) is 0 Å². The van der Waals surface area contributed by atoms with Gasteiger partial charge in [-0.2, -0.15) is 0 Å². The van der Waals surface area contributed by atoms with Gasteiger partial charge in [-0.05, 0) is 74.1 Å². The maximum absolute atomic E-state index is 5.23. The minimum absolute atomic E-state index is 0.634. The Hall–Kier alpha value is -7.69. The highest BCUT2D eigenvalue weighted by molar-refractivity contribution is 6.16. The van der Waals surface area contributed by atoms with E-state index >= 15 is 0 Å². The Morgan fingerprint density at radius 3 is 1.49 bits per heavy atom. The molecule has 0 radical (unpaired) electrons. The topological polar surface area (TPSA) is 41.9 Å². The first-order valence-corrected chi connectivity index (χ1v) is 19.3. The lowest BCUT2D eigenvalue weighted by Crippen LogP contribution is -2.13. The van der Waals surface area contributed by atoms with Crippen LogP contribution in [0.2, 0.25) is 0 Å². The molecule has 0 N–H and O–H groups in total. The van der Waals surface area contributed by atoms with Crippen molar-refractivity contribution in [2.45, 2.75) is 0 Å². The molecule has 0 saturated carbocycles. The van der Waals surface area contributed by atoms with Crippen molar-refractivity contribution in [3.8, 4) is 67.5 Å². The third kappa shape index (κ3) is 5.66. The van der Waals surface area contributed by atoms with Crippen LogP contribution in [0.3, 0.4) is 0 Å². The minimum atomic E-state index is 0.634. The molecule has 0 fully saturated rings. The van der Waals surface area contributed by atoms with E-state index in [2.05, 4.69) is 187 Å². The van der Waals surface area contributed by atoms with Crippen molar-refractivity contribution < 1.29 is 0 Å². The second-order valence-electron chi connectivity index (χ2n) is 14.4. The van der Waals surface area contributed by atoms with Crippen LogP contribution in [0.15, 0.2) is 206 Å². The maximum Gasteiger partial charge on any atom is 0.164 e. The Morgan fingerprint density at radius 2 is 0.789 bits per heavy atom. The molecule has 0 spiro atoms. The van der Waals surface area contributed by atoms with Crippen LogP contribution in [0.5, 0.6) is 0 Å². The number of hydrogen-bond acceptors (Lipinski definition) is 4.